The van der Waals surface area contributed by atoms with E-state index in [-0.39, 0.29) is 43.3 Å². The Bertz CT molecular complexity index is 938. The molecule has 1 aromatic carbocycles. The summed E-state index contributed by atoms with van der Waals surface area (Å²) in [6.45, 7) is 4.59. The molecule has 0 aliphatic carbocycles. The highest BCUT2D eigenvalue weighted by molar-refractivity contribution is 6.21. The number of amides is 4. The lowest BCUT2D eigenvalue weighted by Gasteiger charge is -2.31. The number of rotatable bonds is 8. The lowest BCUT2D eigenvalue weighted by atomic mass is 10.1. The fourth-order valence-electron chi connectivity index (χ4n) is 3.90. The van der Waals surface area contributed by atoms with Crippen molar-refractivity contribution in [3.8, 4) is 0 Å². The van der Waals surface area contributed by atoms with Crippen LogP contribution in [0.25, 0.3) is 0 Å². The number of likely N-dealkylation sites (tertiary alicyclic amines) is 1. The molecule has 10 heteroatoms. The van der Waals surface area contributed by atoms with E-state index in [9.17, 15) is 24.0 Å². The van der Waals surface area contributed by atoms with Crippen LogP contribution in [-0.4, -0.2) is 78.5 Å². The summed E-state index contributed by atoms with van der Waals surface area (Å²) in [5.74, 6) is -1.71. The van der Waals surface area contributed by atoms with Gasteiger partial charge < -0.3 is 19.7 Å². The summed E-state index contributed by atoms with van der Waals surface area (Å²) < 4.78 is 9.97. The topological polar surface area (TPSA) is 122 Å². The summed E-state index contributed by atoms with van der Waals surface area (Å²) in [4.78, 5) is 63.3. The molecule has 0 aromatic heterocycles. The van der Waals surface area contributed by atoms with Crippen LogP contribution in [0.4, 0.5) is 4.79 Å². The van der Waals surface area contributed by atoms with Crippen LogP contribution in [0, 0.1) is 6.92 Å². The third-order valence-corrected chi connectivity index (χ3v) is 5.64. The molecule has 33 heavy (non-hydrogen) atoms. The molecule has 1 saturated heterocycles. The smallest absolute Gasteiger partial charge is 0.409 e. The van der Waals surface area contributed by atoms with E-state index in [1.165, 1.54) is 0 Å². The number of carbonyl (C=O) groups is 5. The van der Waals surface area contributed by atoms with Crippen LogP contribution in [0.15, 0.2) is 18.2 Å². The molecule has 3 rings (SSSR count). The second-order valence-electron chi connectivity index (χ2n) is 8.10. The largest absolute Gasteiger partial charge is 0.456 e. The van der Waals surface area contributed by atoms with Gasteiger partial charge in [0.25, 0.3) is 17.7 Å². The molecule has 10 nitrogen and oxygen atoms in total. The summed E-state index contributed by atoms with van der Waals surface area (Å²) in [5.41, 5.74) is 1.65. The van der Waals surface area contributed by atoms with Crippen LogP contribution in [0.3, 0.4) is 0 Å². The monoisotopic (exact) mass is 459 g/mol. The quantitative estimate of drug-likeness (QED) is 0.463. The maximum atomic E-state index is 12.4. The zero-order valence-electron chi connectivity index (χ0n) is 18.9. The minimum Gasteiger partial charge on any atom is -0.456 e. The molecule has 1 fully saturated rings. The first-order chi connectivity index (χ1) is 15.8. The average molecular weight is 459 g/mol. The van der Waals surface area contributed by atoms with Crippen molar-refractivity contribution < 1.29 is 33.4 Å². The first-order valence-corrected chi connectivity index (χ1v) is 11.1. The van der Waals surface area contributed by atoms with Gasteiger partial charge in [-0.3, -0.25) is 24.1 Å². The highest BCUT2D eigenvalue weighted by Crippen LogP contribution is 2.24. The Morgan fingerprint density at radius 2 is 1.76 bits per heavy atom. The van der Waals surface area contributed by atoms with Crippen LogP contribution < -0.4 is 5.32 Å². The predicted molar refractivity (Wildman–Crippen MR) is 116 cm³/mol. The van der Waals surface area contributed by atoms with Crippen molar-refractivity contribution in [3.05, 3.63) is 34.9 Å². The van der Waals surface area contributed by atoms with E-state index < -0.39 is 18.5 Å². The molecular weight excluding hydrogens is 430 g/mol. The Labute approximate surface area is 192 Å². The molecule has 178 valence electrons. The second kappa shape index (κ2) is 10.9. The second-order valence-corrected chi connectivity index (χ2v) is 8.10. The number of imide groups is 1. The van der Waals surface area contributed by atoms with Crippen molar-refractivity contribution in [2.45, 2.75) is 45.6 Å². The lowest BCUT2D eigenvalue weighted by molar-refractivity contribution is -0.148. The molecule has 0 unspecified atom stereocenters. The highest BCUT2D eigenvalue weighted by atomic mass is 16.6. The third kappa shape index (κ3) is 6.09. The van der Waals surface area contributed by atoms with Gasteiger partial charge in [0.05, 0.1) is 17.7 Å². The third-order valence-electron chi connectivity index (χ3n) is 5.64. The molecule has 2 aliphatic heterocycles. The van der Waals surface area contributed by atoms with Gasteiger partial charge in [0.15, 0.2) is 6.61 Å². The molecule has 0 radical (unpaired) electrons. The van der Waals surface area contributed by atoms with Gasteiger partial charge in [-0.05, 0) is 45.2 Å². The van der Waals surface area contributed by atoms with E-state index in [4.69, 9.17) is 9.47 Å². The van der Waals surface area contributed by atoms with Gasteiger partial charge in [-0.15, -0.1) is 0 Å². The van der Waals surface area contributed by atoms with E-state index in [2.05, 4.69) is 5.32 Å². The Kier molecular flexibility index (Phi) is 8.02. The number of esters is 1. The summed E-state index contributed by atoms with van der Waals surface area (Å²) in [6, 6.07) is 5.00. The highest BCUT2D eigenvalue weighted by Gasteiger charge is 2.35. The van der Waals surface area contributed by atoms with Crippen molar-refractivity contribution in [2.24, 2.45) is 0 Å². The van der Waals surface area contributed by atoms with E-state index in [1.54, 1.807) is 30.0 Å². The van der Waals surface area contributed by atoms with Crippen LogP contribution >= 0.6 is 0 Å². The van der Waals surface area contributed by atoms with Crippen molar-refractivity contribution in [1.29, 1.82) is 0 Å². The molecule has 2 aliphatic rings. The van der Waals surface area contributed by atoms with Gasteiger partial charge in [0.2, 0.25) is 0 Å². The number of aryl methyl sites for hydroxylation is 1. The Morgan fingerprint density at radius 3 is 2.45 bits per heavy atom. The van der Waals surface area contributed by atoms with Crippen molar-refractivity contribution in [1.82, 2.24) is 15.1 Å². The summed E-state index contributed by atoms with van der Waals surface area (Å²) in [7, 11) is 0. The molecule has 1 N–H and O–H groups in total. The SMILES string of the molecule is CCOC(=O)N1CCC(NC(=O)COC(=O)CCCN2C(=O)c3ccc(C)cc3C2=O)CC1. The molecule has 0 bridgehead atoms. The molecule has 0 spiro atoms. The van der Waals surface area contributed by atoms with E-state index in [1.807, 2.05) is 6.92 Å². The summed E-state index contributed by atoms with van der Waals surface area (Å²) >= 11 is 0. The standard InChI is InChI=1S/C23H29N3O7/c1-3-32-23(31)25-11-8-16(9-12-25)24-19(27)14-33-20(28)5-4-10-26-21(29)17-7-6-15(2)13-18(17)22(26)30/h6-7,13,16H,3-5,8-12,14H2,1-2H3,(H,24,27). The van der Waals surface area contributed by atoms with Crippen LogP contribution in [0.5, 0.6) is 0 Å². The number of carbonyl (C=O) groups excluding carboxylic acids is 5. The predicted octanol–water partition coefficient (Wildman–Crippen LogP) is 1.65. The van der Waals surface area contributed by atoms with Crippen molar-refractivity contribution in [2.75, 3.05) is 32.8 Å². The molecule has 4 amide bonds. The fourth-order valence-corrected chi connectivity index (χ4v) is 3.90. The van der Waals surface area contributed by atoms with Crippen LogP contribution in [0.1, 0.15) is 58.9 Å². The maximum absolute atomic E-state index is 12.4. The average Bonchev–Trinajstić information content (AvgIpc) is 3.02. The number of nitrogens with one attached hydrogen (secondary N) is 1. The number of ether oxygens (including phenoxy) is 2. The lowest BCUT2D eigenvalue weighted by Crippen LogP contribution is -2.47. The zero-order chi connectivity index (χ0) is 24.0. The van der Waals surface area contributed by atoms with Gasteiger partial charge in [0, 0.05) is 32.1 Å². The minimum atomic E-state index is -0.574. The van der Waals surface area contributed by atoms with Gasteiger partial charge in [0.1, 0.15) is 0 Å². The normalized spacial score (nSPS) is 15.9. The Morgan fingerprint density at radius 1 is 1.06 bits per heavy atom. The zero-order valence-corrected chi connectivity index (χ0v) is 18.9. The summed E-state index contributed by atoms with van der Waals surface area (Å²) in [5, 5.41) is 2.80. The van der Waals surface area contributed by atoms with E-state index >= 15 is 0 Å². The van der Waals surface area contributed by atoms with Gasteiger partial charge in [-0.25, -0.2) is 4.79 Å². The number of fused-ring (bicyclic) bond motifs is 1. The first kappa shape index (κ1) is 24.2. The number of benzene rings is 1. The molecule has 0 saturated carbocycles. The number of hydrogen-bond acceptors (Lipinski definition) is 7. The van der Waals surface area contributed by atoms with E-state index in [0.717, 1.165) is 10.5 Å². The van der Waals surface area contributed by atoms with Crippen LogP contribution in [0.2, 0.25) is 0 Å². The maximum Gasteiger partial charge on any atom is 0.409 e. The number of piperidine rings is 1. The Balaban J connectivity index is 1.33. The van der Waals surface area contributed by atoms with Crippen LogP contribution in [-0.2, 0) is 19.1 Å². The number of hydrogen-bond donors (Lipinski definition) is 1. The van der Waals surface area contributed by atoms with Crippen molar-refractivity contribution >= 4 is 29.8 Å². The minimum absolute atomic E-state index is 0.0162. The first-order valence-electron chi connectivity index (χ1n) is 11.1. The van der Waals surface area contributed by atoms with Gasteiger partial charge in [-0.1, -0.05) is 11.6 Å². The molecule has 0 atom stereocenters. The fraction of sp³-hybridized carbons (Fsp3) is 0.522. The number of nitrogens with zero attached hydrogens (tertiary/aromatic N) is 2. The molecule has 2 heterocycles. The van der Waals surface area contributed by atoms with E-state index in [0.29, 0.717) is 43.7 Å². The van der Waals surface area contributed by atoms with Gasteiger partial charge in [-0.2, -0.15) is 0 Å². The Hall–Kier alpha value is -3.43. The molecular formula is C23H29N3O7. The van der Waals surface area contributed by atoms with Gasteiger partial charge >= 0.3 is 12.1 Å². The van der Waals surface area contributed by atoms with Crippen molar-refractivity contribution in [3.63, 3.8) is 0 Å². The molecule has 1 aromatic rings. The summed E-state index contributed by atoms with van der Waals surface area (Å²) in [6.07, 6.45) is 1.07.